The van der Waals surface area contributed by atoms with Crippen LogP contribution in [0.2, 0.25) is 0 Å². The minimum Gasteiger partial charge on any atom is -0.360 e. The van der Waals surface area contributed by atoms with E-state index in [1.165, 1.54) is 0 Å². The van der Waals surface area contributed by atoms with E-state index in [4.69, 9.17) is 4.55 Å². The van der Waals surface area contributed by atoms with E-state index in [2.05, 4.69) is 9.68 Å². The van der Waals surface area contributed by atoms with Gasteiger partial charge in [-0.15, -0.1) is 0 Å². The highest BCUT2D eigenvalue weighted by atomic mass is 32.2. The van der Waals surface area contributed by atoms with Gasteiger partial charge in [0.25, 0.3) is 0 Å². The molecule has 0 radical (unpaired) electrons. The van der Waals surface area contributed by atoms with Crippen LogP contribution in [0.1, 0.15) is 5.76 Å². The SMILES string of the molecule is OSCc1ccno1. The minimum atomic E-state index is 0.472. The zero-order valence-corrected chi connectivity index (χ0v) is 4.89. The van der Waals surface area contributed by atoms with E-state index in [1.54, 1.807) is 12.3 Å². The molecular weight excluding hydrogens is 126 g/mol. The second kappa shape index (κ2) is 2.74. The Morgan fingerprint density at radius 2 is 2.75 bits per heavy atom. The maximum Gasteiger partial charge on any atom is 0.148 e. The third-order valence-electron chi connectivity index (χ3n) is 0.698. The van der Waals surface area contributed by atoms with Gasteiger partial charge in [0.15, 0.2) is 0 Å². The van der Waals surface area contributed by atoms with Crippen molar-refractivity contribution in [2.45, 2.75) is 5.75 Å². The predicted octanol–water partition coefficient (Wildman–Crippen LogP) is 1.38. The fourth-order valence-corrected chi connectivity index (χ4v) is 0.656. The molecular formula is C4H5NO2S. The third kappa shape index (κ3) is 1.24. The second-order valence-corrected chi connectivity index (χ2v) is 1.80. The van der Waals surface area contributed by atoms with Crippen molar-refractivity contribution in [3.05, 3.63) is 18.0 Å². The summed E-state index contributed by atoms with van der Waals surface area (Å²) < 4.78 is 12.9. The van der Waals surface area contributed by atoms with Crippen molar-refractivity contribution in [3.63, 3.8) is 0 Å². The maximum absolute atomic E-state index is 8.27. The molecule has 0 spiro atoms. The minimum absolute atomic E-state index is 0.472. The van der Waals surface area contributed by atoms with Gasteiger partial charge in [-0.1, -0.05) is 5.16 Å². The molecule has 1 rings (SSSR count). The first-order valence-electron chi connectivity index (χ1n) is 2.09. The van der Waals surface area contributed by atoms with Crippen molar-refractivity contribution in [2.24, 2.45) is 0 Å². The Balaban J connectivity index is 2.50. The zero-order chi connectivity index (χ0) is 5.82. The monoisotopic (exact) mass is 131 g/mol. The highest BCUT2D eigenvalue weighted by Crippen LogP contribution is 2.05. The first kappa shape index (κ1) is 5.65. The average molecular weight is 131 g/mol. The highest BCUT2D eigenvalue weighted by molar-refractivity contribution is 7.92. The van der Waals surface area contributed by atoms with E-state index >= 15 is 0 Å². The summed E-state index contributed by atoms with van der Waals surface area (Å²) in [5.74, 6) is 1.16. The fraction of sp³-hybridized carbons (Fsp3) is 0.250. The van der Waals surface area contributed by atoms with Gasteiger partial charge in [0.05, 0.1) is 11.9 Å². The molecule has 0 saturated heterocycles. The molecule has 0 bridgehead atoms. The molecule has 0 unspecified atom stereocenters. The van der Waals surface area contributed by atoms with Crippen molar-refractivity contribution in [3.8, 4) is 0 Å². The van der Waals surface area contributed by atoms with E-state index in [0.29, 0.717) is 11.5 Å². The molecule has 0 amide bonds. The largest absolute Gasteiger partial charge is 0.360 e. The van der Waals surface area contributed by atoms with Crippen LogP contribution in [-0.2, 0) is 5.75 Å². The van der Waals surface area contributed by atoms with Crippen LogP contribution in [0.3, 0.4) is 0 Å². The number of hydrogen-bond donors (Lipinski definition) is 1. The van der Waals surface area contributed by atoms with Gasteiger partial charge in [-0.05, 0) is 12.0 Å². The summed E-state index contributed by atoms with van der Waals surface area (Å²) in [4.78, 5) is 0. The number of rotatable bonds is 2. The van der Waals surface area contributed by atoms with Gasteiger partial charge in [-0.2, -0.15) is 0 Å². The molecule has 8 heavy (non-hydrogen) atoms. The Bertz CT molecular complexity index is 140. The molecule has 0 aliphatic carbocycles. The zero-order valence-electron chi connectivity index (χ0n) is 4.07. The molecule has 0 atom stereocenters. The highest BCUT2D eigenvalue weighted by Gasteiger charge is 1.92. The van der Waals surface area contributed by atoms with E-state index in [0.717, 1.165) is 12.0 Å². The normalized spacial score (nSPS) is 9.62. The Labute approximate surface area is 50.9 Å². The Morgan fingerprint density at radius 3 is 3.25 bits per heavy atom. The first-order chi connectivity index (χ1) is 3.93. The van der Waals surface area contributed by atoms with E-state index in [-0.39, 0.29) is 0 Å². The van der Waals surface area contributed by atoms with Gasteiger partial charge in [-0.25, -0.2) is 0 Å². The molecule has 0 fully saturated rings. The van der Waals surface area contributed by atoms with Crippen LogP contribution in [0.4, 0.5) is 0 Å². The molecule has 1 N–H and O–H groups in total. The molecule has 0 aromatic carbocycles. The maximum atomic E-state index is 8.27. The predicted molar refractivity (Wildman–Crippen MR) is 30.4 cm³/mol. The third-order valence-corrected chi connectivity index (χ3v) is 1.11. The Hall–Kier alpha value is -0.480. The molecule has 4 heteroatoms. The lowest BCUT2D eigenvalue weighted by molar-refractivity contribution is 0.394. The molecule has 0 aliphatic rings. The average Bonchev–Trinajstić information content (AvgIpc) is 2.19. The molecule has 1 aromatic rings. The number of aromatic nitrogens is 1. The summed E-state index contributed by atoms with van der Waals surface area (Å²) in [6, 6.07) is 1.71. The van der Waals surface area contributed by atoms with Gasteiger partial charge in [0, 0.05) is 6.07 Å². The lowest BCUT2D eigenvalue weighted by Crippen LogP contribution is -1.69. The molecule has 1 heterocycles. The van der Waals surface area contributed by atoms with E-state index < -0.39 is 0 Å². The van der Waals surface area contributed by atoms with Gasteiger partial charge in [0.2, 0.25) is 0 Å². The van der Waals surface area contributed by atoms with Crippen LogP contribution in [0, 0.1) is 0 Å². The van der Waals surface area contributed by atoms with Crippen molar-refractivity contribution < 1.29 is 9.08 Å². The molecule has 1 aromatic heterocycles. The van der Waals surface area contributed by atoms with Crippen LogP contribution in [0.25, 0.3) is 0 Å². The summed E-state index contributed by atoms with van der Waals surface area (Å²) in [5, 5.41) is 3.44. The lowest BCUT2D eigenvalue weighted by atomic mass is 10.5. The summed E-state index contributed by atoms with van der Waals surface area (Å²) in [7, 11) is 0. The van der Waals surface area contributed by atoms with Crippen LogP contribution in [0.5, 0.6) is 0 Å². The van der Waals surface area contributed by atoms with E-state index in [9.17, 15) is 0 Å². The lowest BCUT2D eigenvalue weighted by Gasteiger charge is -1.82. The van der Waals surface area contributed by atoms with Crippen LogP contribution >= 0.6 is 12.0 Å². The smallest absolute Gasteiger partial charge is 0.148 e. The summed E-state index contributed by atoms with van der Waals surface area (Å²) >= 11 is 0.726. The topological polar surface area (TPSA) is 46.3 Å². The summed E-state index contributed by atoms with van der Waals surface area (Å²) in [6.45, 7) is 0. The van der Waals surface area contributed by atoms with Gasteiger partial charge in [-0.3, -0.25) is 0 Å². The fourth-order valence-electron chi connectivity index (χ4n) is 0.380. The number of nitrogens with zero attached hydrogens (tertiary/aromatic N) is 1. The van der Waals surface area contributed by atoms with Crippen molar-refractivity contribution in [1.29, 1.82) is 0 Å². The number of hydrogen-bond acceptors (Lipinski definition) is 4. The quantitative estimate of drug-likeness (QED) is 0.616. The van der Waals surface area contributed by atoms with Gasteiger partial charge in [0.1, 0.15) is 5.76 Å². The Morgan fingerprint density at radius 1 is 1.88 bits per heavy atom. The van der Waals surface area contributed by atoms with Crippen molar-refractivity contribution in [1.82, 2.24) is 5.16 Å². The first-order valence-corrected chi connectivity index (χ1v) is 3.03. The molecule has 0 aliphatic heterocycles. The van der Waals surface area contributed by atoms with Crippen LogP contribution < -0.4 is 0 Å². The van der Waals surface area contributed by atoms with Gasteiger partial charge >= 0.3 is 0 Å². The van der Waals surface area contributed by atoms with Crippen LogP contribution in [-0.4, -0.2) is 9.71 Å². The molecule has 3 nitrogen and oxygen atoms in total. The van der Waals surface area contributed by atoms with Gasteiger partial charge < -0.3 is 9.08 Å². The van der Waals surface area contributed by atoms with Crippen molar-refractivity contribution in [2.75, 3.05) is 0 Å². The standard InChI is InChI=1S/C4H5NO2S/c6-8-3-4-1-2-5-7-4/h1-2,6H,3H2. The second-order valence-electron chi connectivity index (χ2n) is 1.25. The summed E-state index contributed by atoms with van der Waals surface area (Å²) in [5.41, 5.74) is 0. The van der Waals surface area contributed by atoms with Crippen molar-refractivity contribution >= 4 is 12.0 Å². The molecule has 0 saturated carbocycles. The Kier molecular flexibility index (Phi) is 1.93. The van der Waals surface area contributed by atoms with E-state index in [1.807, 2.05) is 0 Å². The van der Waals surface area contributed by atoms with Crippen LogP contribution in [0.15, 0.2) is 16.8 Å². The molecule has 44 valence electrons. The summed E-state index contributed by atoms with van der Waals surface area (Å²) in [6.07, 6.45) is 1.55.